The standard InChI is InChI=1S/C22H25NO3/c1-16-11-13-18(14-12-16)23-21(24)15-26-22(25)20-10-6-5-9-19(20)17-7-3-2-4-8-17/h2-10,16,18H,11-15H2,1H3,(H,23,24). The van der Waals surface area contributed by atoms with Crippen molar-refractivity contribution in [2.45, 2.75) is 38.6 Å². The van der Waals surface area contributed by atoms with Crippen molar-refractivity contribution < 1.29 is 14.3 Å². The first kappa shape index (κ1) is 18.2. The second-order valence-corrected chi connectivity index (χ2v) is 7.01. The lowest BCUT2D eigenvalue weighted by Crippen LogP contribution is -2.39. The monoisotopic (exact) mass is 351 g/mol. The number of hydrogen-bond donors (Lipinski definition) is 1. The van der Waals surface area contributed by atoms with Crippen LogP contribution in [-0.4, -0.2) is 24.5 Å². The van der Waals surface area contributed by atoms with Crippen molar-refractivity contribution in [1.82, 2.24) is 5.32 Å². The third-order valence-electron chi connectivity index (χ3n) is 4.95. The molecule has 1 aliphatic carbocycles. The summed E-state index contributed by atoms with van der Waals surface area (Å²) in [6, 6.07) is 17.2. The van der Waals surface area contributed by atoms with Crippen LogP contribution in [0, 0.1) is 5.92 Å². The molecule has 3 rings (SSSR count). The van der Waals surface area contributed by atoms with E-state index >= 15 is 0 Å². The normalized spacial score (nSPS) is 19.6. The average molecular weight is 351 g/mol. The van der Waals surface area contributed by atoms with Crippen molar-refractivity contribution in [2.24, 2.45) is 5.92 Å². The topological polar surface area (TPSA) is 55.4 Å². The van der Waals surface area contributed by atoms with Gasteiger partial charge in [-0.1, -0.05) is 55.5 Å². The number of amides is 1. The number of benzene rings is 2. The highest BCUT2D eigenvalue weighted by Crippen LogP contribution is 2.24. The van der Waals surface area contributed by atoms with E-state index in [1.165, 1.54) is 0 Å². The number of rotatable bonds is 5. The maximum Gasteiger partial charge on any atom is 0.339 e. The predicted molar refractivity (Wildman–Crippen MR) is 102 cm³/mol. The van der Waals surface area contributed by atoms with Crippen LogP contribution in [0.3, 0.4) is 0 Å². The zero-order valence-corrected chi connectivity index (χ0v) is 15.1. The first-order valence-corrected chi connectivity index (χ1v) is 9.24. The fourth-order valence-corrected chi connectivity index (χ4v) is 3.41. The summed E-state index contributed by atoms with van der Waals surface area (Å²) in [6.07, 6.45) is 4.26. The summed E-state index contributed by atoms with van der Waals surface area (Å²) in [5, 5.41) is 2.98. The Balaban J connectivity index is 1.58. The van der Waals surface area contributed by atoms with Crippen LogP contribution in [0.5, 0.6) is 0 Å². The van der Waals surface area contributed by atoms with Gasteiger partial charge in [-0.15, -0.1) is 0 Å². The van der Waals surface area contributed by atoms with Crippen LogP contribution in [0.15, 0.2) is 54.6 Å². The first-order valence-electron chi connectivity index (χ1n) is 9.24. The molecule has 1 fully saturated rings. The minimum atomic E-state index is -0.475. The Morgan fingerprint density at radius 1 is 0.962 bits per heavy atom. The lowest BCUT2D eigenvalue weighted by molar-refractivity contribution is -0.125. The van der Waals surface area contributed by atoms with Gasteiger partial charge in [0, 0.05) is 6.04 Å². The zero-order chi connectivity index (χ0) is 18.4. The van der Waals surface area contributed by atoms with Gasteiger partial charge in [-0.2, -0.15) is 0 Å². The summed E-state index contributed by atoms with van der Waals surface area (Å²) in [6.45, 7) is 2.00. The van der Waals surface area contributed by atoms with E-state index in [0.717, 1.165) is 42.7 Å². The Bertz CT molecular complexity index is 749. The SMILES string of the molecule is CC1CCC(NC(=O)COC(=O)c2ccccc2-c2ccccc2)CC1. The van der Waals surface area contributed by atoms with Gasteiger partial charge in [-0.05, 0) is 48.8 Å². The molecular weight excluding hydrogens is 326 g/mol. The summed E-state index contributed by atoms with van der Waals surface area (Å²) in [5.41, 5.74) is 2.22. The molecule has 1 N–H and O–H groups in total. The van der Waals surface area contributed by atoms with E-state index in [2.05, 4.69) is 12.2 Å². The fourth-order valence-electron chi connectivity index (χ4n) is 3.41. The molecule has 4 heteroatoms. The Labute approximate surface area is 154 Å². The van der Waals surface area contributed by atoms with Gasteiger partial charge in [-0.25, -0.2) is 4.79 Å². The van der Waals surface area contributed by atoms with E-state index in [1.807, 2.05) is 42.5 Å². The molecule has 0 spiro atoms. The van der Waals surface area contributed by atoms with Gasteiger partial charge in [0.25, 0.3) is 5.91 Å². The molecule has 26 heavy (non-hydrogen) atoms. The van der Waals surface area contributed by atoms with Crippen molar-refractivity contribution in [3.63, 3.8) is 0 Å². The smallest absolute Gasteiger partial charge is 0.339 e. The molecule has 0 bridgehead atoms. The summed E-state index contributed by atoms with van der Waals surface area (Å²) in [4.78, 5) is 24.6. The lowest BCUT2D eigenvalue weighted by Gasteiger charge is -2.26. The van der Waals surface area contributed by atoms with E-state index in [0.29, 0.717) is 5.56 Å². The maximum absolute atomic E-state index is 12.5. The maximum atomic E-state index is 12.5. The molecule has 0 unspecified atom stereocenters. The largest absolute Gasteiger partial charge is 0.452 e. The van der Waals surface area contributed by atoms with E-state index in [1.54, 1.807) is 12.1 Å². The number of esters is 1. The van der Waals surface area contributed by atoms with Gasteiger partial charge >= 0.3 is 5.97 Å². The summed E-state index contributed by atoms with van der Waals surface area (Å²) in [7, 11) is 0. The molecule has 0 atom stereocenters. The van der Waals surface area contributed by atoms with Gasteiger partial charge in [0.2, 0.25) is 0 Å². The Morgan fingerprint density at radius 3 is 2.35 bits per heavy atom. The van der Waals surface area contributed by atoms with Gasteiger partial charge in [0.1, 0.15) is 0 Å². The van der Waals surface area contributed by atoms with Crippen LogP contribution in [0.25, 0.3) is 11.1 Å². The van der Waals surface area contributed by atoms with Crippen LogP contribution in [-0.2, 0) is 9.53 Å². The minimum absolute atomic E-state index is 0.203. The summed E-state index contributed by atoms with van der Waals surface area (Å²) < 4.78 is 5.26. The van der Waals surface area contributed by atoms with Crippen molar-refractivity contribution in [2.75, 3.05) is 6.61 Å². The fraction of sp³-hybridized carbons (Fsp3) is 0.364. The molecule has 136 valence electrons. The van der Waals surface area contributed by atoms with Crippen LogP contribution in [0.1, 0.15) is 43.0 Å². The van der Waals surface area contributed by atoms with Gasteiger partial charge in [-0.3, -0.25) is 4.79 Å². The van der Waals surface area contributed by atoms with Crippen LogP contribution >= 0.6 is 0 Å². The highest BCUT2D eigenvalue weighted by atomic mass is 16.5. The van der Waals surface area contributed by atoms with Crippen LogP contribution < -0.4 is 5.32 Å². The number of hydrogen-bond acceptors (Lipinski definition) is 3. The molecular formula is C22H25NO3. The molecule has 0 saturated heterocycles. The third kappa shape index (κ3) is 4.72. The predicted octanol–water partition coefficient (Wildman–Crippen LogP) is 4.21. The highest BCUT2D eigenvalue weighted by molar-refractivity contribution is 5.98. The molecule has 1 aliphatic rings. The molecule has 1 amide bonds. The van der Waals surface area contributed by atoms with Gasteiger partial charge in [0.15, 0.2) is 6.61 Å². The molecule has 0 radical (unpaired) electrons. The van der Waals surface area contributed by atoms with E-state index in [4.69, 9.17) is 4.74 Å². The van der Waals surface area contributed by atoms with Crippen LogP contribution in [0.4, 0.5) is 0 Å². The van der Waals surface area contributed by atoms with Gasteiger partial charge < -0.3 is 10.1 Å². The molecule has 2 aromatic carbocycles. The Kier molecular flexibility index (Phi) is 6.05. The number of ether oxygens (including phenoxy) is 1. The second kappa shape index (κ2) is 8.65. The van der Waals surface area contributed by atoms with Crippen molar-refractivity contribution in [3.05, 3.63) is 60.2 Å². The molecule has 4 nitrogen and oxygen atoms in total. The number of carbonyl (C=O) groups is 2. The van der Waals surface area contributed by atoms with Crippen molar-refractivity contribution >= 4 is 11.9 Å². The Morgan fingerprint density at radius 2 is 1.62 bits per heavy atom. The number of nitrogens with one attached hydrogen (secondary N) is 1. The van der Waals surface area contributed by atoms with Gasteiger partial charge in [0.05, 0.1) is 5.56 Å². The first-order chi connectivity index (χ1) is 12.6. The lowest BCUT2D eigenvalue weighted by atomic mass is 9.87. The van der Waals surface area contributed by atoms with E-state index in [-0.39, 0.29) is 18.6 Å². The molecule has 0 heterocycles. The zero-order valence-electron chi connectivity index (χ0n) is 15.1. The summed E-state index contributed by atoms with van der Waals surface area (Å²) in [5.74, 6) is 0.0300. The molecule has 2 aromatic rings. The van der Waals surface area contributed by atoms with Crippen molar-refractivity contribution in [1.29, 1.82) is 0 Å². The average Bonchev–Trinajstić information content (AvgIpc) is 2.68. The quantitative estimate of drug-likeness (QED) is 0.821. The van der Waals surface area contributed by atoms with E-state index in [9.17, 15) is 9.59 Å². The second-order valence-electron chi connectivity index (χ2n) is 7.01. The summed E-state index contributed by atoms with van der Waals surface area (Å²) >= 11 is 0. The Hall–Kier alpha value is -2.62. The van der Waals surface area contributed by atoms with E-state index < -0.39 is 5.97 Å². The highest BCUT2D eigenvalue weighted by Gasteiger charge is 2.21. The molecule has 0 aromatic heterocycles. The third-order valence-corrected chi connectivity index (χ3v) is 4.95. The van der Waals surface area contributed by atoms with Crippen LogP contribution in [0.2, 0.25) is 0 Å². The minimum Gasteiger partial charge on any atom is -0.452 e. The molecule has 0 aliphatic heterocycles. The van der Waals surface area contributed by atoms with Crippen molar-refractivity contribution in [3.8, 4) is 11.1 Å². The number of carbonyl (C=O) groups excluding carboxylic acids is 2. The molecule has 1 saturated carbocycles.